The fourth-order valence-electron chi connectivity index (χ4n) is 2.13. The van der Waals surface area contributed by atoms with Gasteiger partial charge in [-0.25, -0.2) is 9.59 Å². The monoisotopic (exact) mass is 241 g/mol. The third-order valence-corrected chi connectivity index (χ3v) is 2.88. The summed E-state index contributed by atoms with van der Waals surface area (Å²) in [4.78, 5) is 33.8. The van der Waals surface area contributed by atoms with Crippen LogP contribution >= 0.6 is 0 Å². The van der Waals surface area contributed by atoms with Crippen molar-refractivity contribution in [2.45, 2.75) is 0 Å². The number of esters is 2. The molecule has 2 aromatic rings. The van der Waals surface area contributed by atoms with E-state index in [0.717, 1.165) is 0 Å². The molecule has 0 saturated carbocycles. The minimum Gasteiger partial charge on any atom is -0.386 e. The van der Waals surface area contributed by atoms with Crippen LogP contribution in [0.4, 0.5) is 5.69 Å². The molecule has 0 saturated heterocycles. The van der Waals surface area contributed by atoms with Crippen molar-refractivity contribution in [3.05, 3.63) is 41.5 Å². The van der Waals surface area contributed by atoms with Crippen molar-refractivity contribution in [3.8, 4) is 0 Å². The first-order valence-electron chi connectivity index (χ1n) is 5.25. The number of nitrogens with one attached hydrogen (secondary N) is 1. The van der Waals surface area contributed by atoms with E-state index >= 15 is 0 Å². The number of hydrogen-bond donors (Lipinski definition) is 1. The first kappa shape index (κ1) is 10.5. The van der Waals surface area contributed by atoms with E-state index in [0.29, 0.717) is 34.0 Å². The Bertz CT molecular complexity index is 685. The SMILES string of the molecule is O=CNc1ccc2c3c(cccc13)C(=O)OC2=O. The topological polar surface area (TPSA) is 72.5 Å². The Hall–Kier alpha value is -2.69. The van der Waals surface area contributed by atoms with Crippen LogP contribution < -0.4 is 5.32 Å². The van der Waals surface area contributed by atoms with Crippen LogP contribution in [0.3, 0.4) is 0 Å². The largest absolute Gasteiger partial charge is 0.386 e. The second-order valence-electron chi connectivity index (χ2n) is 3.83. The van der Waals surface area contributed by atoms with Crippen LogP contribution in [-0.4, -0.2) is 18.3 Å². The van der Waals surface area contributed by atoms with Crippen LogP contribution in [0.1, 0.15) is 20.7 Å². The molecular formula is C13H7NO4. The summed E-state index contributed by atoms with van der Waals surface area (Å²) in [5, 5.41) is 3.70. The van der Waals surface area contributed by atoms with Gasteiger partial charge in [-0.3, -0.25) is 4.79 Å². The first-order valence-corrected chi connectivity index (χ1v) is 5.25. The number of benzene rings is 2. The van der Waals surface area contributed by atoms with Gasteiger partial charge < -0.3 is 10.1 Å². The van der Waals surface area contributed by atoms with Gasteiger partial charge in [0, 0.05) is 16.5 Å². The van der Waals surface area contributed by atoms with Crippen molar-refractivity contribution in [3.63, 3.8) is 0 Å². The number of carbonyl (C=O) groups is 3. The average Bonchev–Trinajstić information content (AvgIpc) is 2.37. The van der Waals surface area contributed by atoms with E-state index in [-0.39, 0.29) is 0 Å². The number of ether oxygens (including phenoxy) is 1. The lowest BCUT2D eigenvalue weighted by molar-refractivity contribution is -0.105. The van der Waals surface area contributed by atoms with Gasteiger partial charge in [-0.15, -0.1) is 0 Å². The summed E-state index contributed by atoms with van der Waals surface area (Å²) < 4.78 is 4.63. The van der Waals surface area contributed by atoms with E-state index < -0.39 is 11.9 Å². The summed E-state index contributed by atoms with van der Waals surface area (Å²) in [5.41, 5.74) is 1.21. The maximum absolute atomic E-state index is 11.6. The highest BCUT2D eigenvalue weighted by Gasteiger charge is 2.27. The van der Waals surface area contributed by atoms with Crippen molar-refractivity contribution in [2.24, 2.45) is 0 Å². The molecule has 0 spiro atoms. The van der Waals surface area contributed by atoms with Gasteiger partial charge >= 0.3 is 11.9 Å². The van der Waals surface area contributed by atoms with E-state index in [2.05, 4.69) is 10.1 Å². The maximum Gasteiger partial charge on any atom is 0.346 e. The van der Waals surface area contributed by atoms with E-state index in [9.17, 15) is 14.4 Å². The normalized spacial score (nSPS) is 13.3. The second kappa shape index (κ2) is 3.66. The molecule has 0 fully saturated rings. The molecule has 0 radical (unpaired) electrons. The Balaban J connectivity index is 2.44. The van der Waals surface area contributed by atoms with Crippen molar-refractivity contribution >= 4 is 34.8 Å². The molecular weight excluding hydrogens is 234 g/mol. The Kier molecular flexibility index (Phi) is 2.13. The Morgan fingerprint density at radius 1 is 1.00 bits per heavy atom. The lowest BCUT2D eigenvalue weighted by atomic mass is 9.96. The molecule has 5 nitrogen and oxygen atoms in total. The molecule has 1 amide bonds. The fraction of sp³-hybridized carbons (Fsp3) is 0. The summed E-state index contributed by atoms with van der Waals surface area (Å²) in [7, 11) is 0. The number of anilines is 1. The number of cyclic esters (lactones) is 2. The lowest BCUT2D eigenvalue weighted by Crippen LogP contribution is -2.19. The van der Waals surface area contributed by atoms with Crippen molar-refractivity contribution < 1.29 is 19.1 Å². The van der Waals surface area contributed by atoms with Gasteiger partial charge in [0.25, 0.3) is 0 Å². The van der Waals surface area contributed by atoms with Crippen LogP contribution in [0.25, 0.3) is 10.8 Å². The number of amides is 1. The highest BCUT2D eigenvalue weighted by molar-refractivity contribution is 6.22. The van der Waals surface area contributed by atoms with Crippen LogP contribution in [0.2, 0.25) is 0 Å². The predicted molar refractivity (Wildman–Crippen MR) is 63.4 cm³/mol. The van der Waals surface area contributed by atoms with Gasteiger partial charge in [0.2, 0.25) is 6.41 Å². The first-order chi connectivity index (χ1) is 8.72. The predicted octanol–water partition coefficient (Wildman–Crippen LogP) is 1.72. The van der Waals surface area contributed by atoms with Crippen molar-refractivity contribution in [1.29, 1.82) is 0 Å². The lowest BCUT2D eigenvalue weighted by Gasteiger charge is -2.16. The number of rotatable bonds is 2. The van der Waals surface area contributed by atoms with Crippen molar-refractivity contribution in [2.75, 3.05) is 5.32 Å². The average molecular weight is 241 g/mol. The molecule has 88 valence electrons. The minimum absolute atomic E-state index is 0.330. The molecule has 0 aromatic heterocycles. The van der Waals surface area contributed by atoms with Crippen LogP contribution in [0.15, 0.2) is 30.3 Å². The molecule has 1 heterocycles. The second-order valence-corrected chi connectivity index (χ2v) is 3.83. The molecule has 2 aromatic carbocycles. The van der Waals surface area contributed by atoms with E-state index in [1.165, 1.54) is 6.07 Å². The zero-order chi connectivity index (χ0) is 12.7. The molecule has 1 aliphatic rings. The molecule has 0 bridgehead atoms. The highest BCUT2D eigenvalue weighted by Crippen LogP contribution is 2.32. The quantitative estimate of drug-likeness (QED) is 0.493. The molecule has 0 aliphatic carbocycles. The number of carbonyl (C=O) groups excluding carboxylic acids is 3. The molecule has 0 unspecified atom stereocenters. The van der Waals surface area contributed by atoms with E-state index in [1.54, 1.807) is 24.3 Å². The van der Waals surface area contributed by atoms with Crippen LogP contribution in [-0.2, 0) is 9.53 Å². The number of hydrogen-bond acceptors (Lipinski definition) is 4. The third-order valence-electron chi connectivity index (χ3n) is 2.88. The van der Waals surface area contributed by atoms with Gasteiger partial charge in [0.1, 0.15) is 0 Å². The van der Waals surface area contributed by atoms with Gasteiger partial charge in [-0.05, 0) is 18.2 Å². The Labute approximate surface area is 101 Å². The summed E-state index contributed by atoms with van der Waals surface area (Å²) in [6.07, 6.45) is 0.549. The zero-order valence-electron chi connectivity index (χ0n) is 9.10. The van der Waals surface area contributed by atoms with Crippen LogP contribution in [0, 0.1) is 0 Å². The molecule has 5 heteroatoms. The minimum atomic E-state index is -0.665. The zero-order valence-corrected chi connectivity index (χ0v) is 9.10. The van der Waals surface area contributed by atoms with Crippen molar-refractivity contribution in [1.82, 2.24) is 0 Å². The standard InChI is InChI=1S/C13H7NO4/c15-6-14-10-5-4-9-11-7(10)2-1-3-8(11)12(16)18-13(9)17/h1-6H,(H,14,15). The maximum atomic E-state index is 11.6. The third kappa shape index (κ3) is 1.31. The van der Waals surface area contributed by atoms with Gasteiger partial charge in [0.15, 0.2) is 0 Å². The van der Waals surface area contributed by atoms with E-state index in [4.69, 9.17) is 0 Å². The summed E-state index contributed by atoms with van der Waals surface area (Å²) in [6.45, 7) is 0. The molecule has 1 N–H and O–H groups in total. The molecule has 0 atom stereocenters. The van der Waals surface area contributed by atoms with Crippen LogP contribution in [0.5, 0.6) is 0 Å². The summed E-state index contributed by atoms with van der Waals surface area (Å²) >= 11 is 0. The molecule has 18 heavy (non-hydrogen) atoms. The smallest absolute Gasteiger partial charge is 0.346 e. The van der Waals surface area contributed by atoms with Gasteiger partial charge in [0.05, 0.1) is 11.1 Å². The fourth-order valence-corrected chi connectivity index (χ4v) is 2.13. The molecule has 1 aliphatic heterocycles. The van der Waals surface area contributed by atoms with E-state index in [1.807, 2.05) is 0 Å². The van der Waals surface area contributed by atoms with Gasteiger partial charge in [-0.1, -0.05) is 12.1 Å². The summed E-state index contributed by atoms with van der Waals surface area (Å²) in [5.74, 6) is -1.33. The summed E-state index contributed by atoms with van der Waals surface area (Å²) in [6, 6.07) is 8.14. The highest BCUT2D eigenvalue weighted by atomic mass is 16.6. The Morgan fingerprint density at radius 3 is 2.44 bits per heavy atom. The Morgan fingerprint density at radius 2 is 1.72 bits per heavy atom. The van der Waals surface area contributed by atoms with Gasteiger partial charge in [-0.2, -0.15) is 0 Å². The molecule has 3 rings (SSSR count).